The van der Waals surface area contributed by atoms with Crippen LogP contribution in [-0.4, -0.2) is 33.7 Å². The highest BCUT2D eigenvalue weighted by Gasteiger charge is 2.35. The molecule has 0 saturated carbocycles. The Kier molecular flexibility index (Phi) is 6.06. The van der Waals surface area contributed by atoms with E-state index in [4.69, 9.17) is 16.7 Å². The zero-order valence-electron chi connectivity index (χ0n) is 16.9. The van der Waals surface area contributed by atoms with Crippen LogP contribution in [0.4, 0.5) is 4.39 Å². The molecule has 1 amide bonds. The Labute approximate surface area is 189 Å². The fourth-order valence-electron chi connectivity index (χ4n) is 3.89. The van der Waals surface area contributed by atoms with Crippen molar-refractivity contribution in [2.24, 2.45) is 0 Å². The van der Waals surface area contributed by atoms with Crippen LogP contribution in [0.2, 0.25) is 5.02 Å². The minimum atomic E-state index is -1.04. The van der Waals surface area contributed by atoms with Gasteiger partial charge in [0.25, 0.3) is 5.91 Å². The number of carboxylic acid groups (broad SMARTS) is 1. The number of carboxylic acids is 1. The molecule has 4 rings (SSSR count). The second-order valence-electron chi connectivity index (χ2n) is 7.73. The molecule has 1 aliphatic rings. The molecule has 1 N–H and O–H groups in total. The molecule has 0 spiro atoms. The van der Waals surface area contributed by atoms with Crippen molar-refractivity contribution >= 4 is 29.3 Å². The average molecular weight is 452 g/mol. The third kappa shape index (κ3) is 4.55. The number of benzene rings is 3. The molecule has 5 nitrogen and oxygen atoms in total. The molecular weight excluding hydrogens is 433 g/mol. The van der Waals surface area contributed by atoms with E-state index in [-0.39, 0.29) is 42.5 Å². The fraction of sp³-hybridized carbons (Fsp3) is 0.160. The van der Waals surface area contributed by atoms with Crippen LogP contribution < -0.4 is 0 Å². The number of Topliss-reactive ketones (excluding diaryl/α,β-unsaturated/α-hetero) is 1. The zero-order valence-corrected chi connectivity index (χ0v) is 17.7. The van der Waals surface area contributed by atoms with Gasteiger partial charge in [-0.15, -0.1) is 0 Å². The topological polar surface area (TPSA) is 74.7 Å². The maximum atomic E-state index is 13.5. The summed E-state index contributed by atoms with van der Waals surface area (Å²) < 4.78 is 13.4. The number of ketones is 1. The van der Waals surface area contributed by atoms with Crippen LogP contribution in [0.15, 0.2) is 66.7 Å². The zero-order chi connectivity index (χ0) is 22.8. The Bertz CT molecular complexity index is 1190. The van der Waals surface area contributed by atoms with Crippen LogP contribution in [0.1, 0.15) is 37.4 Å². The molecule has 0 saturated heterocycles. The molecule has 162 valence electrons. The van der Waals surface area contributed by atoms with Gasteiger partial charge < -0.3 is 10.0 Å². The SMILES string of the molecule is O=C(O)c1ccc(CN2C(=O)c3ccc(Cl)cc3CC(=O)[C@H]2Cc2ccc(F)cc2)cc1. The number of carbonyl (C=O) groups is 3. The first-order chi connectivity index (χ1) is 15.3. The number of carbonyl (C=O) groups excluding carboxylic acids is 2. The van der Waals surface area contributed by atoms with Crippen LogP contribution in [0.5, 0.6) is 0 Å². The molecule has 0 aromatic heterocycles. The highest BCUT2D eigenvalue weighted by Crippen LogP contribution is 2.27. The van der Waals surface area contributed by atoms with Gasteiger partial charge in [0, 0.05) is 23.6 Å². The van der Waals surface area contributed by atoms with E-state index >= 15 is 0 Å². The summed E-state index contributed by atoms with van der Waals surface area (Å²) >= 11 is 6.09. The van der Waals surface area contributed by atoms with Crippen LogP contribution >= 0.6 is 11.6 Å². The van der Waals surface area contributed by atoms with Crippen molar-refractivity contribution in [1.29, 1.82) is 0 Å². The number of fused-ring (bicyclic) bond motifs is 1. The van der Waals surface area contributed by atoms with E-state index in [0.717, 1.165) is 5.56 Å². The Morgan fingerprint density at radius 1 is 1.00 bits per heavy atom. The predicted molar refractivity (Wildman–Crippen MR) is 117 cm³/mol. The summed E-state index contributed by atoms with van der Waals surface area (Å²) in [6.45, 7) is 0.123. The minimum Gasteiger partial charge on any atom is -0.478 e. The molecule has 0 aliphatic carbocycles. The average Bonchev–Trinajstić information content (AvgIpc) is 2.85. The van der Waals surface area contributed by atoms with Crippen molar-refractivity contribution < 1.29 is 23.9 Å². The number of amides is 1. The largest absolute Gasteiger partial charge is 0.478 e. The molecule has 1 aliphatic heterocycles. The summed E-state index contributed by atoms with van der Waals surface area (Å²) in [5.74, 6) is -1.88. The standard InChI is InChI=1S/C25H19ClFNO4/c26-19-7-10-21-18(12-19)13-23(29)22(11-15-3-8-20(27)9-4-15)28(24(21)30)14-16-1-5-17(6-2-16)25(31)32/h1-10,12,22H,11,13-14H2,(H,31,32)/t22-/m1/s1. The van der Waals surface area contributed by atoms with Gasteiger partial charge in [0.1, 0.15) is 5.82 Å². The van der Waals surface area contributed by atoms with E-state index in [0.29, 0.717) is 21.7 Å². The number of hydrogen-bond acceptors (Lipinski definition) is 3. The van der Waals surface area contributed by atoms with E-state index < -0.39 is 12.0 Å². The Hall–Kier alpha value is -3.51. The van der Waals surface area contributed by atoms with Gasteiger partial charge in [-0.1, -0.05) is 35.9 Å². The Balaban J connectivity index is 1.72. The van der Waals surface area contributed by atoms with Gasteiger partial charge in [0.05, 0.1) is 11.6 Å². The summed E-state index contributed by atoms with van der Waals surface area (Å²) in [7, 11) is 0. The molecule has 3 aromatic rings. The number of hydrogen-bond donors (Lipinski definition) is 1. The monoisotopic (exact) mass is 451 g/mol. The van der Waals surface area contributed by atoms with Gasteiger partial charge in [-0.25, -0.2) is 9.18 Å². The van der Waals surface area contributed by atoms with Gasteiger partial charge in [-0.05, 0) is 65.6 Å². The summed E-state index contributed by atoms with van der Waals surface area (Å²) in [6.07, 6.45) is 0.293. The number of halogens is 2. The Morgan fingerprint density at radius 2 is 1.66 bits per heavy atom. The molecule has 3 aromatic carbocycles. The van der Waals surface area contributed by atoms with Crippen LogP contribution in [0, 0.1) is 5.82 Å². The number of aromatic carboxylic acids is 1. The number of rotatable bonds is 5. The molecular formula is C25H19ClFNO4. The van der Waals surface area contributed by atoms with Crippen molar-refractivity contribution in [3.8, 4) is 0 Å². The van der Waals surface area contributed by atoms with Crippen LogP contribution in [0.3, 0.4) is 0 Å². The lowest BCUT2D eigenvalue weighted by Gasteiger charge is -2.29. The molecule has 7 heteroatoms. The lowest BCUT2D eigenvalue weighted by molar-refractivity contribution is -0.122. The van der Waals surface area contributed by atoms with Crippen LogP contribution in [0.25, 0.3) is 0 Å². The lowest BCUT2D eigenvalue weighted by atomic mass is 9.97. The summed E-state index contributed by atoms with van der Waals surface area (Å²) in [5, 5.41) is 9.56. The molecule has 32 heavy (non-hydrogen) atoms. The molecule has 1 heterocycles. The fourth-order valence-corrected chi connectivity index (χ4v) is 4.09. The van der Waals surface area contributed by atoms with Gasteiger partial charge in [-0.3, -0.25) is 9.59 Å². The van der Waals surface area contributed by atoms with E-state index in [9.17, 15) is 18.8 Å². The van der Waals surface area contributed by atoms with Gasteiger partial charge in [0.2, 0.25) is 0 Å². The van der Waals surface area contributed by atoms with E-state index in [1.165, 1.54) is 29.2 Å². The Morgan fingerprint density at radius 3 is 2.31 bits per heavy atom. The van der Waals surface area contributed by atoms with Crippen molar-refractivity contribution in [1.82, 2.24) is 4.90 Å². The lowest BCUT2D eigenvalue weighted by Crippen LogP contribution is -2.44. The first kappa shape index (κ1) is 21.7. The van der Waals surface area contributed by atoms with E-state index in [2.05, 4.69) is 0 Å². The highest BCUT2D eigenvalue weighted by atomic mass is 35.5. The van der Waals surface area contributed by atoms with Crippen molar-refractivity contribution in [3.63, 3.8) is 0 Å². The van der Waals surface area contributed by atoms with Crippen molar-refractivity contribution in [2.45, 2.75) is 25.4 Å². The molecule has 0 unspecified atom stereocenters. The number of nitrogens with zero attached hydrogens (tertiary/aromatic N) is 1. The summed E-state index contributed by atoms with van der Waals surface area (Å²) in [6, 6.07) is 16.1. The maximum absolute atomic E-state index is 13.5. The van der Waals surface area contributed by atoms with E-state index in [1.807, 2.05) is 0 Å². The summed E-state index contributed by atoms with van der Waals surface area (Å²) in [4.78, 5) is 39.4. The quantitative estimate of drug-likeness (QED) is 0.617. The van der Waals surface area contributed by atoms with E-state index in [1.54, 1.807) is 42.5 Å². The molecule has 1 atom stereocenters. The smallest absolute Gasteiger partial charge is 0.335 e. The second kappa shape index (κ2) is 8.93. The highest BCUT2D eigenvalue weighted by molar-refractivity contribution is 6.30. The second-order valence-corrected chi connectivity index (χ2v) is 8.16. The van der Waals surface area contributed by atoms with Gasteiger partial charge in [0.15, 0.2) is 5.78 Å². The van der Waals surface area contributed by atoms with Crippen molar-refractivity contribution in [3.05, 3.63) is 105 Å². The molecule has 0 bridgehead atoms. The first-order valence-electron chi connectivity index (χ1n) is 10.0. The third-order valence-electron chi connectivity index (χ3n) is 5.57. The van der Waals surface area contributed by atoms with Gasteiger partial charge >= 0.3 is 5.97 Å². The van der Waals surface area contributed by atoms with Crippen molar-refractivity contribution in [2.75, 3.05) is 0 Å². The minimum absolute atomic E-state index is 0.0575. The van der Waals surface area contributed by atoms with Crippen LogP contribution in [-0.2, 0) is 24.2 Å². The summed E-state index contributed by atoms with van der Waals surface area (Å²) in [5.41, 5.74) is 2.53. The molecule has 0 radical (unpaired) electrons. The third-order valence-corrected chi connectivity index (χ3v) is 5.80. The normalized spacial score (nSPS) is 15.9. The van der Waals surface area contributed by atoms with Gasteiger partial charge in [-0.2, -0.15) is 0 Å². The maximum Gasteiger partial charge on any atom is 0.335 e. The predicted octanol–water partition coefficient (Wildman–Crippen LogP) is 4.56. The molecule has 0 fully saturated rings. The first-order valence-corrected chi connectivity index (χ1v) is 10.4.